The first-order valence-electron chi connectivity index (χ1n) is 44.9. The van der Waals surface area contributed by atoms with Crippen LogP contribution in [-0.4, -0.2) is 212 Å². The summed E-state index contributed by atoms with van der Waals surface area (Å²) in [7, 11) is 0. The highest BCUT2D eigenvalue weighted by molar-refractivity contribution is 5.93. The quantitative estimate of drug-likeness (QED) is 0.0252. The Balaban J connectivity index is 4.28. The van der Waals surface area contributed by atoms with Gasteiger partial charge in [-0.25, -0.2) is 9.59 Å². The van der Waals surface area contributed by atoms with Crippen LogP contribution in [0.3, 0.4) is 0 Å². The number of ether oxygens (including phenoxy) is 4. The number of nitrogens with one attached hydrogen (secondary N) is 6. The molecule has 0 saturated carbocycles. The first-order valence-corrected chi connectivity index (χ1v) is 44.9. The maximum Gasteiger partial charge on any atom is 0.326 e. The molecule has 0 aromatic heterocycles. The smallest absolute Gasteiger partial charge is 0.326 e. The van der Waals surface area contributed by atoms with Gasteiger partial charge in [0.05, 0.1) is 38.5 Å². The van der Waals surface area contributed by atoms with Gasteiger partial charge in [-0.3, -0.25) is 62.3 Å². The fraction of sp³-hybridized carbons (Fsp3) is 0.830. The summed E-state index contributed by atoms with van der Waals surface area (Å²) < 4.78 is 21.8. The van der Waals surface area contributed by atoms with E-state index in [1.54, 1.807) is 20.8 Å². The van der Waals surface area contributed by atoms with E-state index in [1.807, 2.05) is 0 Å². The molecular formula is C88H156N8O23. The van der Waals surface area contributed by atoms with Gasteiger partial charge in [-0.05, 0) is 122 Å². The third kappa shape index (κ3) is 70.1. The highest BCUT2D eigenvalue weighted by Gasteiger charge is 2.31. The minimum atomic E-state index is -1.18. The zero-order valence-electron chi connectivity index (χ0n) is 73.0. The Morgan fingerprint density at radius 3 is 0.950 bits per heavy atom. The molecule has 6 atom stereocenters. The van der Waals surface area contributed by atoms with Gasteiger partial charge in [0, 0.05) is 121 Å². The lowest BCUT2D eigenvalue weighted by molar-refractivity contribution is -0.142. The van der Waals surface area contributed by atoms with Crippen molar-refractivity contribution in [3.8, 4) is 0 Å². The van der Waals surface area contributed by atoms with Gasteiger partial charge in [0.1, 0.15) is 54.2 Å². The molecule has 0 aromatic rings. The van der Waals surface area contributed by atoms with E-state index in [4.69, 9.17) is 40.6 Å². The number of rotatable bonds is 86. The number of ketones is 5. The van der Waals surface area contributed by atoms with Crippen LogP contribution in [0.2, 0.25) is 0 Å². The number of hydrogen-bond acceptors (Lipinski definition) is 21. The predicted molar refractivity (Wildman–Crippen MR) is 454 cm³/mol. The SMILES string of the molecule is CC(=O)[C@H](CCCCNC(=O)[C@@H](N)CCCCNC(=O)COCCOCCCC(=O)CC[C@H](NC(=O)CCCCCCCCCCCCCCC(=O)O)C(=O)O)CC(=O)[C@H](CCCCNC(=O)[C@@H](N)CCCCNC(=O)COCCOCCCC(=O)CC[C@H](NC(=O)CCCCCCCCCCCCCCC(=O)O)C(=O)O)CC(=O)C(C)(C)C. The standard InChI is InChI=1S/C88H156N8O23/c1-67(97)68(39-29-33-55-93-84(110)72(89)43-31-35-53-91-80(104)65-118-61-59-116-57-37-41-70(98)49-51-74(86(112)113)95-78(102)45-25-21-17-13-9-5-7-11-15-19-23-27-47-82(106)107)63-76(100)69(64-77(101)88(2,3)4)40-30-34-56-94-85(111)73(90)44-32-36-54-92-81(105)66-119-62-60-117-58-38-42-71(99)50-52-75(87(114)115)96-79(103)46-26-22-18-14-10-6-8-12-16-20-24-28-48-83(108)109/h68-69,72-75H,5-66,89-90H2,1-4H3,(H,91,104)(H,92,105)(H,93,110)(H,94,111)(H,95,102)(H,96,103)(H,106,107)(H,108,109)(H,112,113)(H,114,115)/t68-,69-,72+,73+,74+,75+/m1/s1. The van der Waals surface area contributed by atoms with Crippen molar-refractivity contribution in [2.45, 2.75) is 373 Å². The van der Waals surface area contributed by atoms with Gasteiger partial charge >= 0.3 is 23.9 Å². The Morgan fingerprint density at radius 1 is 0.311 bits per heavy atom. The first-order chi connectivity index (χ1) is 56.9. The van der Waals surface area contributed by atoms with Gasteiger partial charge in [-0.2, -0.15) is 0 Å². The zero-order valence-corrected chi connectivity index (χ0v) is 73.0. The van der Waals surface area contributed by atoms with E-state index >= 15 is 0 Å². The second-order valence-electron chi connectivity index (χ2n) is 32.9. The molecule has 0 aliphatic heterocycles. The summed E-state index contributed by atoms with van der Waals surface area (Å²) in [6.45, 7) is 9.04. The number of hydrogen-bond donors (Lipinski definition) is 12. The molecule has 31 heteroatoms. The molecule has 31 nitrogen and oxygen atoms in total. The maximum atomic E-state index is 13.8. The molecule has 14 N–H and O–H groups in total. The fourth-order valence-corrected chi connectivity index (χ4v) is 13.4. The van der Waals surface area contributed by atoms with E-state index in [2.05, 4.69) is 31.9 Å². The minimum Gasteiger partial charge on any atom is -0.481 e. The number of nitrogens with two attached hydrogens (primary N) is 2. The summed E-state index contributed by atoms with van der Waals surface area (Å²) >= 11 is 0. The normalized spacial score (nSPS) is 12.9. The van der Waals surface area contributed by atoms with Crippen molar-refractivity contribution in [2.75, 3.05) is 79.0 Å². The van der Waals surface area contributed by atoms with Gasteiger partial charge in [-0.15, -0.1) is 0 Å². The Bertz CT molecular complexity index is 2860. The number of carbonyl (C=O) groups is 15. The van der Waals surface area contributed by atoms with E-state index in [0.717, 1.165) is 141 Å². The molecule has 0 unspecified atom stereocenters. The number of unbranched alkanes of at least 4 members (excludes halogenated alkanes) is 26. The van der Waals surface area contributed by atoms with Crippen LogP contribution in [0.4, 0.5) is 0 Å². The van der Waals surface area contributed by atoms with E-state index in [-0.39, 0.29) is 194 Å². The Morgan fingerprint density at radius 2 is 0.622 bits per heavy atom. The summed E-state index contributed by atoms with van der Waals surface area (Å²) in [6.07, 6.45) is 32.5. The lowest BCUT2D eigenvalue weighted by Gasteiger charge is -2.23. The van der Waals surface area contributed by atoms with E-state index < -0.39 is 65.3 Å². The van der Waals surface area contributed by atoms with Gasteiger partial charge in [0.25, 0.3) is 0 Å². The van der Waals surface area contributed by atoms with Crippen LogP contribution < -0.4 is 43.4 Å². The van der Waals surface area contributed by atoms with Crippen molar-refractivity contribution < 1.29 is 111 Å². The van der Waals surface area contributed by atoms with Gasteiger partial charge < -0.3 is 82.7 Å². The summed E-state index contributed by atoms with van der Waals surface area (Å²) in [5.74, 6) is -7.63. The molecule has 0 bridgehead atoms. The molecule has 0 rings (SSSR count). The van der Waals surface area contributed by atoms with E-state index in [1.165, 1.54) is 6.92 Å². The lowest BCUT2D eigenvalue weighted by atomic mass is 9.79. The Hall–Kier alpha value is -7.19. The topological polar surface area (TPSA) is 498 Å². The first kappa shape index (κ1) is 112. The summed E-state index contributed by atoms with van der Waals surface area (Å²) in [5.41, 5.74) is 11.7. The molecule has 0 fully saturated rings. The van der Waals surface area contributed by atoms with Crippen molar-refractivity contribution in [1.82, 2.24) is 31.9 Å². The van der Waals surface area contributed by atoms with Gasteiger partial charge in [0.15, 0.2) is 0 Å². The monoisotopic (exact) mass is 1690 g/mol. The second-order valence-corrected chi connectivity index (χ2v) is 32.9. The molecule has 119 heavy (non-hydrogen) atoms. The molecule has 6 amide bonds. The van der Waals surface area contributed by atoms with Crippen molar-refractivity contribution >= 4 is 88.2 Å². The molecule has 0 saturated heterocycles. The van der Waals surface area contributed by atoms with Crippen LogP contribution in [0, 0.1) is 17.3 Å². The molecule has 686 valence electrons. The Kier molecular flexibility index (Phi) is 70.1. The second kappa shape index (κ2) is 74.6. The maximum absolute atomic E-state index is 13.8. The zero-order chi connectivity index (χ0) is 88.5. The van der Waals surface area contributed by atoms with Crippen LogP contribution in [0.15, 0.2) is 0 Å². The number of aliphatic carboxylic acids is 4. The summed E-state index contributed by atoms with van der Waals surface area (Å²) in [4.78, 5) is 185. The molecular weight excluding hydrogens is 1540 g/mol. The average molecular weight is 1690 g/mol. The van der Waals surface area contributed by atoms with E-state index in [9.17, 15) is 82.1 Å². The predicted octanol–water partition coefficient (Wildman–Crippen LogP) is 11.1. The van der Waals surface area contributed by atoms with Crippen molar-refractivity contribution in [3.63, 3.8) is 0 Å². The van der Waals surface area contributed by atoms with Crippen LogP contribution >= 0.6 is 0 Å². The third-order valence-corrected chi connectivity index (χ3v) is 21.0. The number of carbonyl (C=O) groups excluding carboxylic acids is 11. The number of carboxylic acids is 4. The molecule has 0 aliphatic rings. The van der Waals surface area contributed by atoms with E-state index in [0.29, 0.717) is 129 Å². The molecule has 0 aliphatic carbocycles. The molecule has 0 spiro atoms. The van der Waals surface area contributed by atoms with Crippen LogP contribution in [0.1, 0.15) is 349 Å². The molecule has 0 heterocycles. The highest BCUT2D eigenvalue weighted by atomic mass is 16.5. The van der Waals surface area contributed by atoms with Crippen molar-refractivity contribution in [3.05, 3.63) is 0 Å². The third-order valence-electron chi connectivity index (χ3n) is 21.0. The molecule has 0 aromatic carbocycles. The highest BCUT2D eigenvalue weighted by Crippen LogP contribution is 2.27. The van der Waals surface area contributed by atoms with Crippen molar-refractivity contribution in [1.29, 1.82) is 0 Å². The lowest BCUT2D eigenvalue weighted by Crippen LogP contribution is -2.41. The van der Waals surface area contributed by atoms with Crippen LogP contribution in [0.5, 0.6) is 0 Å². The summed E-state index contributed by atoms with van der Waals surface area (Å²) in [5, 5.41) is 53.0. The van der Waals surface area contributed by atoms with Gasteiger partial charge in [0.2, 0.25) is 35.4 Å². The van der Waals surface area contributed by atoms with Gasteiger partial charge in [-0.1, -0.05) is 162 Å². The fourth-order valence-electron chi connectivity index (χ4n) is 13.4. The largest absolute Gasteiger partial charge is 0.481 e. The number of amides is 6. The minimum absolute atomic E-state index is 0.000109. The van der Waals surface area contributed by atoms with Crippen molar-refractivity contribution in [2.24, 2.45) is 28.7 Å². The summed E-state index contributed by atoms with van der Waals surface area (Å²) in [6, 6.07) is -3.82. The molecule has 0 radical (unpaired) electrons. The average Bonchev–Trinajstić information content (AvgIpc) is 0.866. The number of Topliss-reactive ketones (excluding diaryl/α,β-unsaturated/α-hetero) is 5. The Labute approximate surface area is 709 Å². The van der Waals surface area contributed by atoms with Crippen LogP contribution in [0.25, 0.3) is 0 Å². The number of carboxylic acid groups (broad SMARTS) is 4. The van der Waals surface area contributed by atoms with Crippen LogP contribution in [-0.2, 0) is 90.9 Å².